The maximum absolute atomic E-state index is 11.7. The summed E-state index contributed by atoms with van der Waals surface area (Å²) < 4.78 is 44.7. The molecule has 0 aliphatic heterocycles. The molecule has 1 aliphatic carbocycles. The molecule has 0 fully saturated rings. The van der Waals surface area contributed by atoms with Gasteiger partial charge in [0.1, 0.15) is 0 Å². The summed E-state index contributed by atoms with van der Waals surface area (Å²) in [6.07, 6.45) is 4.98. The van der Waals surface area contributed by atoms with Crippen molar-refractivity contribution in [2.45, 2.75) is 58.6 Å². The molecule has 23 heavy (non-hydrogen) atoms. The molecule has 0 saturated heterocycles. The topological polar surface area (TPSA) is 68.3 Å². The van der Waals surface area contributed by atoms with E-state index in [9.17, 15) is 16.8 Å². The summed E-state index contributed by atoms with van der Waals surface area (Å²) in [5.41, 5.74) is 2.86. The first-order valence-corrected chi connectivity index (χ1v) is 9.53. The van der Waals surface area contributed by atoms with E-state index in [1.165, 1.54) is 5.57 Å². The van der Waals surface area contributed by atoms with Gasteiger partial charge in [-0.15, -0.1) is 6.08 Å². The quantitative estimate of drug-likeness (QED) is 0.395. The van der Waals surface area contributed by atoms with Crippen LogP contribution < -0.4 is 0 Å². The molecule has 0 saturated carbocycles. The van der Waals surface area contributed by atoms with Gasteiger partial charge < -0.3 is 16.8 Å². The molecule has 0 aromatic heterocycles. The Hall–Kier alpha value is 0.445. The Balaban J connectivity index is 0. The molecule has 0 bridgehead atoms. The van der Waals surface area contributed by atoms with Gasteiger partial charge in [0.2, 0.25) is 0 Å². The fourth-order valence-corrected chi connectivity index (χ4v) is 4.74. The fraction of sp³-hybridized carbons (Fsp3) is 0.733. The van der Waals surface area contributed by atoms with E-state index >= 15 is 0 Å². The molecule has 1 atom stereocenters. The molecular formula is C15H28Al2O4S2. The van der Waals surface area contributed by atoms with Crippen molar-refractivity contribution in [3.05, 3.63) is 22.8 Å². The van der Waals surface area contributed by atoms with E-state index in [2.05, 4.69) is 13.8 Å². The minimum atomic E-state index is -2.21. The average Bonchev–Trinajstić information content (AvgIpc) is 2.33. The SMILES string of the molecule is CC1=C(C(C/C(C)=C/C[S-](=O)=O)[S-](=O)=O)C(C)(C)CCC1.[AlH2+].[AlH2+]. The third-order valence-corrected chi connectivity index (χ3v) is 5.48. The van der Waals surface area contributed by atoms with Crippen molar-refractivity contribution >= 4 is 56.1 Å². The van der Waals surface area contributed by atoms with Crippen LogP contribution >= 0.6 is 0 Å². The van der Waals surface area contributed by atoms with Crippen LogP contribution in [0.1, 0.15) is 53.4 Å². The van der Waals surface area contributed by atoms with Crippen LogP contribution in [0.2, 0.25) is 0 Å². The van der Waals surface area contributed by atoms with Gasteiger partial charge in [-0.05, 0) is 50.2 Å². The first-order chi connectivity index (χ1) is 9.65. The minimum absolute atomic E-state index is 0. The zero-order chi connectivity index (χ0) is 16.2. The van der Waals surface area contributed by atoms with Gasteiger partial charge in [0.25, 0.3) is 0 Å². The van der Waals surface area contributed by atoms with Crippen molar-refractivity contribution in [2.24, 2.45) is 5.41 Å². The normalized spacial score (nSPS) is 19.3. The molecule has 1 aliphatic rings. The Kier molecular flexibility index (Phi) is 12.4. The summed E-state index contributed by atoms with van der Waals surface area (Å²) in [7, 11) is -4.34. The number of rotatable bonds is 6. The number of allylic oxidation sites excluding steroid dienone is 2. The molecular weight excluding hydrogens is 362 g/mol. The van der Waals surface area contributed by atoms with Crippen LogP contribution in [0.15, 0.2) is 22.8 Å². The Labute approximate surface area is 165 Å². The Morgan fingerprint density at radius 2 is 1.78 bits per heavy atom. The summed E-state index contributed by atoms with van der Waals surface area (Å²) in [5, 5.41) is -0.559. The van der Waals surface area contributed by atoms with Crippen LogP contribution in [0.4, 0.5) is 0 Å². The maximum atomic E-state index is 11.7. The van der Waals surface area contributed by atoms with E-state index in [-0.39, 0.29) is 45.9 Å². The van der Waals surface area contributed by atoms with Crippen LogP contribution in [0.5, 0.6) is 0 Å². The van der Waals surface area contributed by atoms with E-state index in [0.29, 0.717) is 6.42 Å². The van der Waals surface area contributed by atoms with Gasteiger partial charge in [0, 0.05) is 0 Å². The Morgan fingerprint density at radius 3 is 2.22 bits per heavy atom. The second-order valence-corrected chi connectivity index (χ2v) is 8.44. The van der Waals surface area contributed by atoms with E-state index < -0.39 is 26.7 Å². The number of hydrogen-bond donors (Lipinski definition) is 0. The summed E-state index contributed by atoms with van der Waals surface area (Å²) in [6.45, 7) is 7.99. The number of hydrogen-bond acceptors (Lipinski definition) is 6. The van der Waals surface area contributed by atoms with Crippen LogP contribution in [0.3, 0.4) is 0 Å². The van der Waals surface area contributed by atoms with E-state index in [1.54, 1.807) is 13.0 Å². The van der Waals surface area contributed by atoms with Crippen LogP contribution in [0.25, 0.3) is 0 Å². The summed E-state index contributed by atoms with van der Waals surface area (Å²) in [4.78, 5) is 0. The van der Waals surface area contributed by atoms with Crippen molar-refractivity contribution in [1.82, 2.24) is 0 Å². The van der Waals surface area contributed by atoms with Gasteiger partial charge in [-0.3, -0.25) is 0 Å². The zero-order valence-corrected chi connectivity index (χ0v) is 20.8. The molecule has 0 radical (unpaired) electrons. The molecule has 0 amide bonds. The molecule has 130 valence electrons. The summed E-state index contributed by atoms with van der Waals surface area (Å²) in [6, 6.07) is 0. The molecule has 1 unspecified atom stereocenters. The molecule has 0 N–H and O–H groups in total. The Bertz CT molecular complexity index is 587. The van der Waals surface area contributed by atoms with Crippen molar-refractivity contribution in [3.63, 3.8) is 0 Å². The summed E-state index contributed by atoms with van der Waals surface area (Å²) in [5.74, 6) is -0.0640. The predicted molar refractivity (Wildman–Crippen MR) is 102 cm³/mol. The molecule has 0 spiro atoms. The third kappa shape index (κ3) is 7.91. The van der Waals surface area contributed by atoms with Crippen LogP contribution in [0, 0.1) is 5.41 Å². The van der Waals surface area contributed by atoms with Crippen molar-refractivity contribution in [2.75, 3.05) is 5.75 Å². The van der Waals surface area contributed by atoms with Gasteiger partial charge in [0.05, 0.1) is 0 Å². The van der Waals surface area contributed by atoms with Gasteiger partial charge >= 0.3 is 34.7 Å². The zero-order valence-electron chi connectivity index (χ0n) is 15.1. The van der Waals surface area contributed by atoms with Gasteiger partial charge in [-0.1, -0.05) is 57.7 Å². The van der Waals surface area contributed by atoms with Crippen LogP contribution in [-0.2, 0) is 38.2 Å². The van der Waals surface area contributed by atoms with Gasteiger partial charge in [-0.25, -0.2) is 0 Å². The molecule has 0 aromatic carbocycles. The molecule has 0 aromatic rings. The monoisotopic (exact) mass is 390 g/mol. The first-order valence-electron chi connectivity index (χ1n) is 7.15. The molecule has 0 heterocycles. The van der Waals surface area contributed by atoms with Gasteiger partial charge in [-0.2, -0.15) is 0 Å². The molecule has 4 nitrogen and oxygen atoms in total. The first kappa shape index (κ1) is 25.7. The third-order valence-electron chi connectivity index (χ3n) is 4.17. The van der Waals surface area contributed by atoms with Crippen LogP contribution in [-0.4, -0.2) is 45.7 Å². The fourth-order valence-electron chi connectivity index (χ4n) is 3.21. The van der Waals surface area contributed by atoms with E-state index in [1.807, 2.05) is 6.92 Å². The predicted octanol–water partition coefficient (Wildman–Crippen LogP) is 2.00. The second-order valence-electron chi connectivity index (χ2n) is 6.41. The molecule has 1 rings (SSSR count). The van der Waals surface area contributed by atoms with Crippen molar-refractivity contribution < 1.29 is 16.8 Å². The average molecular weight is 390 g/mol. The Morgan fingerprint density at radius 1 is 1.22 bits per heavy atom. The second kappa shape index (κ2) is 11.1. The van der Waals surface area contributed by atoms with E-state index in [4.69, 9.17) is 0 Å². The van der Waals surface area contributed by atoms with Gasteiger partial charge in [0.15, 0.2) is 0 Å². The standard InChI is InChI=1S/C15H24O4S2.2Al.4H/c1-11(7-9-20(16)17)10-13(21(18)19)14-12(2)6-5-8-15(14,3)4;;;;;;/h7,13H,5-6,8-10H2,1-4H3;;;;;;/q-2;2*+1;;;;/b11-7+;;;;;;. The van der Waals surface area contributed by atoms with Crippen molar-refractivity contribution in [3.8, 4) is 0 Å². The van der Waals surface area contributed by atoms with E-state index in [0.717, 1.165) is 30.4 Å². The van der Waals surface area contributed by atoms with Crippen molar-refractivity contribution in [1.29, 1.82) is 0 Å². The summed E-state index contributed by atoms with van der Waals surface area (Å²) >= 11 is 0. The molecule has 8 heteroatoms.